The van der Waals surface area contributed by atoms with E-state index in [1.807, 2.05) is 61.5 Å². The number of benzene rings is 3. The smallest absolute Gasteiger partial charge is 0.217 e. The van der Waals surface area contributed by atoms with Crippen molar-refractivity contribution in [2.75, 3.05) is 0 Å². The minimum Gasteiger partial charge on any atom is -0.507 e. The average Bonchev–Trinajstić information content (AvgIpc) is 3.25. The van der Waals surface area contributed by atoms with Crippen molar-refractivity contribution >= 4 is 0 Å². The second kappa shape index (κ2) is 11.7. The number of hydrogen-bond acceptors (Lipinski definition) is 4. The van der Waals surface area contributed by atoms with Crippen molar-refractivity contribution in [3.63, 3.8) is 0 Å². The Morgan fingerprint density at radius 2 is 1.54 bits per heavy atom. The summed E-state index contributed by atoms with van der Waals surface area (Å²) >= 11 is 0. The molecule has 2 aromatic heterocycles. The summed E-state index contributed by atoms with van der Waals surface area (Å²) < 4.78 is 8.11. The van der Waals surface area contributed by atoms with Crippen LogP contribution in [0.4, 0.5) is 0 Å². The van der Waals surface area contributed by atoms with Crippen LogP contribution in [0, 0.1) is 13.0 Å². The summed E-state index contributed by atoms with van der Waals surface area (Å²) in [6.45, 7) is 15.0. The molecule has 5 rings (SSSR count). The molecule has 41 heavy (non-hydrogen) atoms. The second-order valence-electron chi connectivity index (χ2n) is 12.2. The molecule has 0 saturated carbocycles. The van der Waals surface area contributed by atoms with E-state index >= 15 is 0 Å². The number of pyridine rings is 1. The summed E-state index contributed by atoms with van der Waals surface area (Å²) in [6, 6.07) is 29.1. The first kappa shape index (κ1) is 30.3. The number of aromatic hydroxyl groups is 1. The van der Waals surface area contributed by atoms with Gasteiger partial charge < -0.3 is 14.4 Å². The average molecular weight is 726 g/mol. The van der Waals surface area contributed by atoms with Crippen LogP contribution in [-0.4, -0.2) is 19.6 Å². The fraction of sp³-hybridized carbons (Fsp3) is 0.257. The Morgan fingerprint density at radius 3 is 2.17 bits per heavy atom. The van der Waals surface area contributed by atoms with Crippen LogP contribution >= 0.6 is 0 Å². The maximum atomic E-state index is 11.7. The number of aromatic nitrogens is 3. The first-order valence-corrected chi connectivity index (χ1v) is 13.6. The van der Waals surface area contributed by atoms with Gasteiger partial charge in [0.05, 0.1) is 11.5 Å². The normalized spacial score (nSPS) is 11.7. The van der Waals surface area contributed by atoms with Gasteiger partial charge in [0.15, 0.2) is 0 Å². The molecule has 0 bridgehead atoms. The van der Waals surface area contributed by atoms with E-state index in [4.69, 9.17) is 9.72 Å². The zero-order valence-corrected chi connectivity index (χ0v) is 26.9. The number of para-hydroxylation sites is 1. The third kappa shape index (κ3) is 6.31. The Bertz CT molecular complexity index is 1650. The molecule has 0 aliphatic carbocycles. The Morgan fingerprint density at radius 1 is 0.829 bits per heavy atom. The molecule has 2 heterocycles. The summed E-state index contributed by atoms with van der Waals surface area (Å²) in [6.07, 6.45) is 1.70. The zero-order valence-electron chi connectivity index (χ0n) is 24.6. The monoisotopic (exact) mass is 725 g/mol. The molecule has 0 aliphatic heterocycles. The van der Waals surface area contributed by atoms with Gasteiger partial charge in [0.25, 0.3) is 0 Å². The minimum atomic E-state index is -0.246. The van der Waals surface area contributed by atoms with Crippen molar-refractivity contribution < 1.29 is 30.9 Å². The summed E-state index contributed by atoms with van der Waals surface area (Å²) in [7, 11) is 0. The number of ether oxygens (including phenoxy) is 1. The molecule has 0 radical (unpaired) electrons. The van der Waals surface area contributed by atoms with Crippen LogP contribution in [0.3, 0.4) is 0 Å². The van der Waals surface area contributed by atoms with E-state index in [2.05, 4.69) is 81.4 Å². The minimum absolute atomic E-state index is 0. The van der Waals surface area contributed by atoms with Crippen LogP contribution in [0.2, 0.25) is 0 Å². The number of imidazole rings is 1. The van der Waals surface area contributed by atoms with Gasteiger partial charge in [-0.1, -0.05) is 77.9 Å². The van der Waals surface area contributed by atoms with Crippen LogP contribution in [-0.2, 0) is 31.9 Å². The van der Waals surface area contributed by atoms with Gasteiger partial charge in [-0.3, -0.25) is 4.98 Å². The molecule has 0 saturated heterocycles. The van der Waals surface area contributed by atoms with E-state index in [9.17, 15) is 5.11 Å². The van der Waals surface area contributed by atoms with Crippen molar-refractivity contribution in [1.29, 1.82) is 0 Å². The van der Waals surface area contributed by atoms with E-state index in [1.165, 1.54) is 0 Å². The van der Waals surface area contributed by atoms with E-state index in [1.54, 1.807) is 6.20 Å². The summed E-state index contributed by atoms with van der Waals surface area (Å²) in [5, 5.41) is 11.7. The molecule has 0 spiro atoms. The van der Waals surface area contributed by atoms with Crippen LogP contribution in [0.5, 0.6) is 17.4 Å². The molecular weight excluding hydrogens is 689 g/mol. The summed E-state index contributed by atoms with van der Waals surface area (Å²) in [4.78, 5) is 9.46. The number of nitrogens with zero attached hydrogens (tertiary/aromatic N) is 3. The van der Waals surface area contributed by atoms with E-state index < -0.39 is 0 Å². The van der Waals surface area contributed by atoms with Crippen molar-refractivity contribution in [2.45, 2.75) is 59.3 Å². The van der Waals surface area contributed by atoms with Gasteiger partial charge in [0, 0.05) is 61.6 Å². The number of phenolic OH excluding ortho intramolecular Hbond substituents is 1. The molecule has 1 N–H and O–H groups in total. The van der Waals surface area contributed by atoms with Crippen LogP contribution < -0.4 is 4.74 Å². The molecule has 5 nitrogen and oxygen atoms in total. The van der Waals surface area contributed by atoms with Crippen molar-refractivity contribution in [3.8, 4) is 45.7 Å². The first-order chi connectivity index (χ1) is 18.9. The van der Waals surface area contributed by atoms with E-state index in [-0.39, 0.29) is 37.6 Å². The molecule has 6 heteroatoms. The van der Waals surface area contributed by atoms with Gasteiger partial charge in [0.2, 0.25) is 5.88 Å². The second-order valence-corrected chi connectivity index (χ2v) is 12.2. The number of hydrogen-bond donors (Lipinski definition) is 1. The fourth-order valence-corrected chi connectivity index (χ4v) is 4.81. The number of phenols is 1. The SMILES string of the molecule is Cc1c(-c2cc(C(C)(C)C)cc(C(C)(C)C)c2O)nc(-c2[c-]c(Oc3ccccn3)ccc2)n1-c1ccccc1.[Pt]. The zero-order chi connectivity index (χ0) is 28.7. The Kier molecular flexibility index (Phi) is 8.61. The maximum absolute atomic E-state index is 11.7. The predicted molar refractivity (Wildman–Crippen MR) is 161 cm³/mol. The standard InChI is InChI=1S/C35H36N3O2.Pt/c1-23-31(28-21-25(34(2,3)4)22-29(32(28)39)35(5,6)7)37-33(38(23)26-15-9-8-10-16-26)24-14-13-17-27(20-24)40-30-18-11-12-19-36-30;/h8-19,21-22,39H,1-7H3;/q-1;. The van der Waals surface area contributed by atoms with Gasteiger partial charge in [-0.05, 0) is 47.6 Å². The van der Waals surface area contributed by atoms with Crippen molar-refractivity contribution in [1.82, 2.24) is 14.5 Å². The molecular formula is C35H36N3O2Pt-. The fourth-order valence-electron chi connectivity index (χ4n) is 4.81. The molecule has 0 atom stereocenters. The van der Waals surface area contributed by atoms with Gasteiger partial charge in [-0.2, -0.15) is 0 Å². The predicted octanol–water partition coefficient (Wildman–Crippen LogP) is 8.80. The maximum Gasteiger partial charge on any atom is 0.217 e. The molecule has 3 aromatic carbocycles. The molecule has 5 aromatic rings. The third-order valence-corrected chi connectivity index (χ3v) is 7.02. The molecule has 0 amide bonds. The molecule has 214 valence electrons. The van der Waals surface area contributed by atoms with Crippen LogP contribution in [0.1, 0.15) is 58.4 Å². The Balaban J connectivity index is 0.00000387. The Labute approximate surface area is 257 Å². The number of rotatable bonds is 5. The van der Waals surface area contributed by atoms with Gasteiger partial charge in [-0.25, -0.2) is 4.98 Å². The molecule has 0 unspecified atom stereocenters. The van der Waals surface area contributed by atoms with Gasteiger partial charge in [-0.15, -0.1) is 23.8 Å². The quantitative estimate of drug-likeness (QED) is 0.184. The topological polar surface area (TPSA) is 60.2 Å². The molecule has 0 aliphatic rings. The Hall–Kier alpha value is -3.69. The van der Waals surface area contributed by atoms with Gasteiger partial charge in [0.1, 0.15) is 5.75 Å². The van der Waals surface area contributed by atoms with E-state index in [0.29, 0.717) is 17.5 Å². The third-order valence-electron chi connectivity index (χ3n) is 7.02. The van der Waals surface area contributed by atoms with E-state index in [0.717, 1.165) is 39.3 Å². The first-order valence-electron chi connectivity index (χ1n) is 13.6. The van der Waals surface area contributed by atoms with Gasteiger partial charge >= 0.3 is 0 Å². The van der Waals surface area contributed by atoms with Crippen LogP contribution in [0.25, 0.3) is 28.3 Å². The van der Waals surface area contributed by atoms with Crippen molar-refractivity contribution in [3.05, 3.63) is 108 Å². The van der Waals surface area contributed by atoms with Crippen molar-refractivity contribution in [2.24, 2.45) is 0 Å². The summed E-state index contributed by atoms with van der Waals surface area (Å²) in [5.74, 6) is 2.02. The summed E-state index contributed by atoms with van der Waals surface area (Å²) in [5.41, 5.74) is 5.83. The largest absolute Gasteiger partial charge is 0.507 e. The molecule has 0 fully saturated rings. The van der Waals surface area contributed by atoms with Crippen LogP contribution in [0.15, 0.2) is 85.1 Å².